The van der Waals surface area contributed by atoms with Crippen LogP contribution in [0.2, 0.25) is 0 Å². The van der Waals surface area contributed by atoms with Crippen LogP contribution in [0.15, 0.2) is 91.1 Å². The summed E-state index contributed by atoms with van der Waals surface area (Å²) >= 11 is 0. The molecule has 31 heavy (non-hydrogen) atoms. The minimum Gasteiger partial charge on any atom is -0.451 e. The summed E-state index contributed by atoms with van der Waals surface area (Å²) in [4.78, 5) is 28.3. The Morgan fingerprint density at radius 2 is 1.45 bits per heavy atom. The molecule has 0 aliphatic rings. The number of hydrogen-bond acceptors (Lipinski definition) is 3. The zero-order chi connectivity index (χ0) is 21.6. The van der Waals surface area contributed by atoms with Gasteiger partial charge < -0.3 is 15.0 Å². The minimum atomic E-state index is -0.799. The van der Waals surface area contributed by atoms with Crippen LogP contribution in [0, 0.1) is 0 Å². The van der Waals surface area contributed by atoms with Gasteiger partial charge in [0.15, 0.2) is 6.10 Å². The molecule has 1 heterocycles. The van der Waals surface area contributed by atoms with Crippen LogP contribution in [0.4, 0.5) is 0 Å². The number of carbonyl (C=O) groups is 2. The van der Waals surface area contributed by atoms with Crippen molar-refractivity contribution in [2.45, 2.75) is 25.5 Å². The second kappa shape index (κ2) is 9.30. The molecule has 5 nitrogen and oxygen atoms in total. The largest absolute Gasteiger partial charge is 0.451 e. The summed E-state index contributed by atoms with van der Waals surface area (Å²) < 4.78 is 5.98. The van der Waals surface area contributed by atoms with Crippen molar-refractivity contribution in [3.8, 4) is 0 Å². The summed E-state index contributed by atoms with van der Waals surface area (Å²) in [6, 6.07) is 26.3. The second-order valence-corrected chi connectivity index (χ2v) is 7.46. The number of rotatable bonds is 7. The molecule has 0 fully saturated rings. The highest BCUT2D eigenvalue weighted by molar-refractivity contribution is 5.87. The number of amides is 1. The number of ether oxygens (including phenoxy) is 1. The van der Waals surface area contributed by atoms with Gasteiger partial charge in [-0.15, -0.1) is 0 Å². The number of aromatic amines is 1. The maximum atomic E-state index is 13.3. The van der Waals surface area contributed by atoms with Crippen LogP contribution in [0.25, 0.3) is 10.9 Å². The van der Waals surface area contributed by atoms with E-state index in [0.717, 1.165) is 27.6 Å². The van der Waals surface area contributed by atoms with Crippen molar-refractivity contribution in [3.63, 3.8) is 0 Å². The summed E-state index contributed by atoms with van der Waals surface area (Å²) in [6.45, 7) is 1.40. The predicted molar refractivity (Wildman–Crippen MR) is 120 cm³/mol. The van der Waals surface area contributed by atoms with Crippen molar-refractivity contribution in [2.75, 3.05) is 0 Å². The Labute approximate surface area is 181 Å². The minimum absolute atomic E-state index is 0.280. The topological polar surface area (TPSA) is 71.2 Å². The summed E-state index contributed by atoms with van der Waals surface area (Å²) in [5, 5.41) is 3.79. The monoisotopic (exact) mass is 412 g/mol. The molecule has 3 aromatic carbocycles. The van der Waals surface area contributed by atoms with Crippen LogP contribution >= 0.6 is 0 Å². The van der Waals surface area contributed by atoms with E-state index in [-0.39, 0.29) is 5.91 Å². The Hall–Kier alpha value is -3.86. The normalized spacial score (nSPS) is 11.9. The number of carbonyl (C=O) groups excluding carboxylic acids is 2. The molecule has 0 aliphatic heterocycles. The van der Waals surface area contributed by atoms with E-state index in [1.807, 2.05) is 91.1 Å². The third-order valence-corrected chi connectivity index (χ3v) is 5.20. The first-order valence-corrected chi connectivity index (χ1v) is 10.2. The first-order chi connectivity index (χ1) is 15.1. The third-order valence-electron chi connectivity index (χ3n) is 5.20. The van der Waals surface area contributed by atoms with Gasteiger partial charge in [-0.1, -0.05) is 78.9 Å². The van der Waals surface area contributed by atoms with Crippen LogP contribution in [-0.2, 0) is 20.7 Å². The Morgan fingerprint density at radius 3 is 2.06 bits per heavy atom. The molecular weight excluding hydrogens is 388 g/mol. The van der Waals surface area contributed by atoms with Crippen molar-refractivity contribution in [1.29, 1.82) is 0 Å². The van der Waals surface area contributed by atoms with E-state index in [1.54, 1.807) is 0 Å². The van der Waals surface area contributed by atoms with Crippen LogP contribution in [0.3, 0.4) is 0 Å². The number of nitrogens with one attached hydrogen (secondary N) is 2. The highest BCUT2D eigenvalue weighted by Crippen LogP contribution is 2.27. The molecule has 1 unspecified atom stereocenters. The number of benzene rings is 3. The van der Waals surface area contributed by atoms with E-state index in [9.17, 15) is 9.59 Å². The Kier molecular flexibility index (Phi) is 6.13. The zero-order valence-electron chi connectivity index (χ0n) is 17.2. The highest BCUT2D eigenvalue weighted by atomic mass is 16.5. The van der Waals surface area contributed by atoms with Crippen molar-refractivity contribution in [1.82, 2.24) is 10.3 Å². The Balaban J connectivity index is 1.61. The average molecular weight is 412 g/mol. The third kappa shape index (κ3) is 4.83. The first-order valence-electron chi connectivity index (χ1n) is 10.2. The number of fused-ring (bicyclic) bond motifs is 1. The van der Waals surface area contributed by atoms with Gasteiger partial charge >= 0.3 is 5.97 Å². The number of hydrogen-bond donors (Lipinski definition) is 2. The lowest BCUT2D eigenvalue weighted by molar-refractivity contribution is -0.151. The van der Waals surface area contributed by atoms with E-state index in [0.29, 0.717) is 6.42 Å². The quantitative estimate of drug-likeness (QED) is 0.438. The van der Waals surface area contributed by atoms with Gasteiger partial charge in [-0.25, -0.2) is 4.79 Å². The maximum absolute atomic E-state index is 13.3. The molecule has 1 amide bonds. The molecule has 0 saturated carbocycles. The van der Waals surface area contributed by atoms with Gasteiger partial charge in [0.2, 0.25) is 5.91 Å². The van der Waals surface area contributed by atoms with Crippen molar-refractivity contribution < 1.29 is 14.3 Å². The molecule has 156 valence electrons. The van der Waals surface area contributed by atoms with Gasteiger partial charge in [-0.2, -0.15) is 0 Å². The van der Waals surface area contributed by atoms with Crippen molar-refractivity contribution in [3.05, 3.63) is 108 Å². The lowest BCUT2D eigenvalue weighted by Gasteiger charge is -2.23. The van der Waals surface area contributed by atoms with Crippen LogP contribution < -0.4 is 5.32 Å². The van der Waals surface area contributed by atoms with E-state index in [2.05, 4.69) is 10.3 Å². The summed E-state index contributed by atoms with van der Waals surface area (Å²) in [5.74, 6) is -0.754. The molecule has 0 bridgehead atoms. The molecule has 0 radical (unpaired) electrons. The summed E-state index contributed by atoms with van der Waals surface area (Å²) in [6.07, 6.45) is 1.64. The number of esters is 1. The summed E-state index contributed by atoms with van der Waals surface area (Å²) in [5.41, 5.74) is 3.67. The fraction of sp³-hybridized carbons (Fsp3) is 0.154. The van der Waals surface area contributed by atoms with E-state index in [4.69, 9.17) is 4.74 Å². The maximum Gasteiger partial charge on any atom is 0.329 e. The van der Waals surface area contributed by atoms with E-state index < -0.39 is 18.1 Å². The number of H-pyrrole nitrogens is 1. The lowest BCUT2D eigenvalue weighted by Crippen LogP contribution is -2.42. The zero-order valence-corrected chi connectivity index (χ0v) is 17.2. The smallest absolute Gasteiger partial charge is 0.329 e. The standard InChI is InChI=1S/C26H24N2O3/c1-18(29)28-24(16-21-17-27-23-15-9-8-14-22(21)23)26(30)31-25(19-10-4-2-5-11-19)20-12-6-3-7-13-20/h2-15,17,24-25,27H,16H2,1H3,(H,28,29). The number of para-hydroxylation sites is 1. The van der Waals surface area contributed by atoms with Crippen molar-refractivity contribution >= 4 is 22.8 Å². The highest BCUT2D eigenvalue weighted by Gasteiger charge is 2.27. The molecule has 2 N–H and O–H groups in total. The van der Waals surface area contributed by atoms with Gasteiger partial charge in [-0.3, -0.25) is 4.79 Å². The van der Waals surface area contributed by atoms with Crippen LogP contribution in [0.1, 0.15) is 29.7 Å². The molecular formula is C26H24N2O3. The van der Waals surface area contributed by atoms with Gasteiger partial charge in [0.25, 0.3) is 0 Å². The second-order valence-electron chi connectivity index (χ2n) is 7.46. The van der Waals surface area contributed by atoms with Crippen LogP contribution in [-0.4, -0.2) is 22.9 Å². The Morgan fingerprint density at radius 1 is 0.871 bits per heavy atom. The fourth-order valence-corrected chi connectivity index (χ4v) is 3.74. The van der Waals surface area contributed by atoms with E-state index in [1.165, 1.54) is 6.92 Å². The summed E-state index contributed by atoms with van der Waals surface area (Å²) in [7, 11) is 0. The Bertz CT molecular complexity index is 1130. The fourth-order valence-electron chi connectivity index (χ4n) is 3.74. The van der Waals surface area contributed by atoms with Gasteiger partial charge in [0.1, 0.15) is 6.04 Å². The molecule has 4 rings (SSSR count). The van der Waals surface area contributed by atoms with Crippen LogP contribution in [0.5, 0.6) is 0 Å². The molecule has 1 atom stereocenters. The average Bonchev–Trinajstić information content (AvgIpc) is 3.20. The molecule has 0 aliphatic carbocycles. The molecule has 0 saturated heterocycles. The predicted octanol–water partition coefficient (Wildman–Crippen LogP) is 4.55. The SMILES string of the molecule is CC(=O)NC(Cc1c[nH]c2ccccc12)C(=O)OC(c1ccccc1)c1ccccc1. The van der Waals surface area contributed by atoms with E-state index >= 15 is 0 Å². The molecule has 4 aromatic rings. The first kappa shape index (κ1) is 20.4. The lowest BCUT2D eigenvalue weighted by atomic mass is 10.0. The number of aromatic nitrogens is 1. The molecule has 0 spiro atoms. The van der Waals surface area contributed by atoms with Gasteiger partial charge in [0.05, 0.1) is 0 Å². The van der Waals surface area contributed by atoms with Gasteiger partial charge in [-0.05, 0) is 22.8 Å². The van der Waals surface area contributed by atoms with Crippen molar-refractivity contribution in [2.24, 2.45) is 0 Å². The van der Waals surface area contributed by atoms with Gasteiger partial charge in [0, 0.05) is 30.4 Å². The molecule has 5 heteroatoms. The molecule has 1 aromatic heterocycles.